The first-order chi connectivity index (χ1) is 20.7. The lowest BCUT2D eigenvalue weighted by molar-refractivity contribution is -0.385. The standard InChI is InChI=1S/C21H24N9O13P/c1-38-19-7-4-13(10-16(19)28(31)32)25(22)41-44(37,42-26(23)14-5-8-20(39-2)17(11-14)29(33)34)43-27(24)15-6-9-21(40-3)18(12-15)30(35)36/h4-12H,22-24H2,1-3H3. The normalized spacial score (nSPS) is 11.0. The van der Waals surface area contributed by atoms with E-state index in [-0.39, 0.29) is 49.8 Å². The summed E-state index contributed by atoms with van der Waals surface area (Å²) >= 11 is 0. The summed E-state index contributed by atoms with van der Waals surface area (Å²) in [6, 6.07) is 9.67. The maximum atomic E-state index is 13.9. The number of rotatable bonds is 15. The van der Waals surface area contributed by atoms with Crippen molar-refractivity contribution < 1.29 is 47.4 Å². The Morgan fingerprint density at radius 3 is 1.02 bits per heavy atom. The Labute approximate surface area is 246 Å². The molecular weight excluding hydrogens is 617 g/mol. The van der Waals surface area contributed by atoms with E-state index in [2.05, 4.69) is 0 Å². The Kier molecular flexibility index (Phi) is 10.4. The minimum Gasteiger partial charge on any atom is -0.490 e. The third-order valence-corrected chi connectivity index (χ3v) is 6.53. The number of anilines is 3. The van der Waals surface area contributed by atoms with E-state index in [0.29, 0.717) is 0 Å². The van der Waals surface area contributed by atoms with Crippen molar-refractivity contribution in [1.29, 1.82) is 0 Å². The van der Waals surface area contributed by atoms with Crippen LogP contribution in [0.4, 0.5) is 34.1 Å². The molecule has 0 unspecified atom stereocenters. The molecule has 0 aliphatic rings. The second-order valence-electron chi connectivity index (χ2n) is 8.01. The highest BCUT2D eigenvalue weighted by Crippen LogP contribution is 2.53. The van der Waals surface area contributed by atoms with Crippen molar-refractivity contribution in [2.45, 2.75) is 0 Å². The lowest BCUT2D eigenvalue weighted by Gasteiger charge is -2.29. The second-order valence-corrected chi connectivity index (χ2v) is 9.39. The Morgan fingerprint density at radius 2 is 0.818 bits per heavy atom. The van der Waals surface area contributed by atoms with E-state index in [9.17, 15) is 34.9 Å². The molecule has 0 heterocycles. The van der Waals surface area contributed by atoms with Gasteiger partial charge in [-0.05, 0) is 36.4 Å². The van der Waals surface area contributed by atoms with Crippen LogP contribution in [0.15, 0.2) is 54.6 Å². The van der Waals surface area contributed by atoms with Crippen molar-refractivity contribution in [1.82, 2.24) is 0 Å². The lowest BCUT2D eigenvalue weighted by atomic mass is 10.2. The zero-order valence-electron chi connectivity index (χ0n) is 22.9. The predicted octanol–water partition coefficient (Wildman–Crippen LogP) is 2.78. The SMILES string of the molecule is COc1ccc(N(N)OP(=O)(ON(N)c2ccc(OC)c([N+](=O)[O-])c2)ON(N)c2ccc(OC)c([N+](=O)[O-])c2)cc1[N+](=O)[O-]. The molecule has 6 N–H and O–H groups in total. The monoisotopic (exact) mass is 641 g/mol. The molecule has 0 aromatic heterocycles. The van der Waals surface area contributed by atoms with E-state index >= 15 is 0 Å². The average molecular weight is 641 g/mol. The molecule has 22 nitrogen and oxygen atoms in total. The minimum atomic E-state index is -5.26. The molecule has 0 saturated carbocycles. The van der Waals surface area contributed by atoms with Crippen molar-refractivity contribution in [2.24, 2.45) is 17.5 Å². The molecule has 0 radical (unpaired) electrons. The topological polar surface area (TPSA) is 290 Å². The highest BCUT2D eigenvalue weighted by Gasteiger charge is 2.38. The van der Waals surface area contributed by atoms with Gasteiger partial charge in [-0.25, -0.2) is 22.1 Å². The summed E-state index contributed by atoms with van der Waals surface area (Å²) in [5.74, 6) is 17.1. The summed E-state index contributed by atoms with van der Waals surface area (Å²) in [6.07, 6.45) is 0. The number of hydrogen-bond acceptors (Lipinski definition) is 19. The van der Waals surface area contributed by atoms with Crippen LogP contribution in [0.1, 0.15) is 0 Å². The highest BCUT2D eigenvalue weighted by molar-refractivity contribution is 7.48. The summed E-state index contributed by atoms with van der Waals surface area (Å²) < 4.78 is 44.1. The quantitative estimate of drug-likeness (QED) is 0.0929. The predicted molar refractivity (Wildman–Crippen MR) is 150 cm³/mol. The fourth-order valence-electron chi connectivity index (χ4n) is 3.38. The number of benzene rings is 3. The van der Waals surface area contributed by atoms with Crippen LogP contribution in [-0.4, -0.2) is 36.1 Å². The smallest absolute Gasteiger partial charge is 0.490 e. The van der Waals surface area contributed by atoms with Gasteiger partial charge in [-0.2, -0.15) is 15.5 Å². The van der Waals surface area contributed by atoms with Crippen LogP contribution >= 0.6 is 7.82 Å². The number of ether oxygens (including phenoxy) is 3. The van der Waals surface area contributed by atoms with E-state index in [4.69, 9.17) is 45.6 Å². The van der Waals surface area contributed by atoms with Crippen LogP contribution in [0.2, 0.25) is 0 Å². The van der Waals surface area contributed by atoms with Gasteiger partial charge in [-0.3, -0.25) is 30.3 Å². The van der Waals surface area contributed by atoms with Gasteiger partial charge in [0.25, 0.3) is 0 Å². The summed E-state index contributed by atoms with van der Waals surface area (Å²) in [5.41, 5.74) is -2.51. The van der Waals surface area contributed by atoms with Crippen LogP contribution in [0.3, 0.4) is 0 Å². The van der Waals surface area contributed by atoms with Crippen LogP contribution in [0.5, 0.6) is 17.2 Å². The molecule has 3 aromatic carbocycles. The van der Waals surface area contributed by atoms with Crippen LogP contribution < -0.4 is 47.3 Å². The number of hydrazine groups is 3. The molecule has 0 aliphatic heterocycles. The van der Waals surface area contributed by atoms with Gasteiger partial charge in [0.1, 0.15) is 0 Å². The van der Waals surface area contributed by atoms with E-state index in [1.54, 1.807) is 0 Å². The third kappa shape index (κ3) is 7.53. The minimum absolute atomic E-state index is 0.147. The largest absolute Gasteiger partial charge is 0.543 e. The Balaban J connectivity index is 2.01. The highest BCUT2D eigenvalue weighted by atomic mass is 31.2. The number of hydrogen-bond donors (Lipinski definition) is 3. The fraction of sp³-hybridized carbons (Fsp3) is 0.143. The number of nitro benzene ring substituents is 3. The van der Waals surface area contributed by atoms with Gasteiger partial charge >= 0.3 is 24.9 Å². The summed E-state index contributed by atoms with van der Waals surface area (Å²) in [7, 11) is -1.69. The molecule has 236 valence electrons. The maximum Gasteiger partial charge on any atom is 0.543 e. The van der Waals surface area contributed by atoms with Crippen LogP contribution in [0.25, 0.3) is 0 Å². The average Bonchev–Trinajstić information content (AvgIpc) is 2.99. The fourth-order valence-corrected chi connectivity index (χ4v) is 4.40. The zero-order valence-corrected chi connectivity index (χ0v) is 23.8. The van der Waals surface area contributed by atoms with Crippen molar-refractivity contribution in [2.75, 3.05) is 36.8 Å². The molecule has 0 atom stereocenters. The van der Waals surface area contributed by atoms with Crippen LogP contribution in [0, 0.1) is 30.3 Å². The first-order valence-corrected chi connectivity index (χ1v) is 13.0. The molecule has 44 heavy (non-hydrogen) atoms. The van der Waals surface area contributed by atoms with Crippen LogP contribution in [-0.2, 0) is 18.4 Å². The second kappa shape index (κ2) is 13.7. The molecule has 3 rings (SSSR count). The summed E-state index contributed by atoms with van der Waals surface area (Å²) in [6.45, 7) is 0. The molecule has 0 aliphatic carbocycles. The molecule has 0 amide bonds. The van der Waals surface area contributed by atoms with Crippen molar-refractivity contribution in [3.8, 4) is 17.2 Å². The molecule has 0 fully saturated rings. The Hall–Kier alpha value is -5.35. The van der Waals surface area contributed by atoms with Gasteiger partial charge in [-0.1, -0.05) is 0 Å². The third-order valence-electron chi connectivity index (χ3n) is 5.40. The summed E-state index contributed by atoms with van der Waals surface area (Å²) in [5, 5.41) is 35.1. The molecule has 0 spiro atoms. The maximum absolute atomic E-state index is 13.9. The van der Waals surface area contributed by atoms with E-state index < -0.39 is 39.7 Å². The first-order valence-electron chi connectivity index (χ1n) is 11.5. The van der Waals surface area contributed by atoms with Gasteiger partial charge in [0.2, 0.25) is 0 Å². The molecule has 0 saturated heterocycles. The van der Waals surface area contributed by atoms with Gasteiger partial charge in [-0.15, -0.1) is 13.9 Å². The number of nitrogens with two attached hydrogens (primary N) is 3. The molecule has 3 aromatic rings. The number of nitro groups is 3. The van der Waals surface area contributed by atoms with Crippen molar-refractivity contribution >= 4 is 41.9 Å². The Bertz CT molecular complexity index is 1430. The number of phosphoric acid groups is 1. The van der Waals surface area contributed by atoms with Gasteiger partial charge < -0.3 is 14.2 Å². The molecular formula is C21H24N9O13P. The summed E-state index contributed by atoms with van der Waals surface area (Å²) in [4.78, 5) is 32.0. The van der Waals surface area contributed by atoms with Crippen molar-refractivity contribution in [3.63, 3.8) is 0 Å². The van der Waals surface area contributed by atoms with E-state index in [0.717, 1.165) is 36.4 Å². The van der Waals surface area contributed by atoms with E-state index in [1.165, 1.54) is 39.5 Å². The first kappa shape index (κ1) is 33.2. The van der Waals surface area contributed by atoms with Crippen molar-refractivity contribution in [3.05, 3.63) is 84.9 Å². The number of methoxy groups -OCH3 is 3. The van der Waals surface area contributed by atoms with Gasteiger partial charge in [0.05, 0.1) is 53.2 Å². The zero-order chi connectivity index (χ0) is 32.8. The lowest BCUT2D eigenvalue weighted by Crippen LogP contribution is -2.38. The van der Waals surface area contributed by atoms with Gasteiger partial charge in [0, 0.05) is 18.2 Å². The Morgan fingerprint density at radius 1 is 0.568 bits per heavy atom. The number of nitrogens with zero attached hydrogens (tertiary/aromatic N) is 6. The molecule has 23 heteroatoms. The van der Waals surface area contributed by atoms with E-state index in [1.807, 2.05) is 0 Å². The van der Waals surface area contributed by atoms with Gasteiger partial charge in [0.15, 0.2) is 17.2 Å². The molecule has 0 bridgehead atoms.